The fourth-order valence-electron chi connectivity index (χ4n) is 1.26. The van der Waals surface area contributed by atoms with Crippen LogP contribution in [0.2, 0.25) is 0 Å². The molecule has 0 saturated heterocycles. The van der Waals surface area contributed by atoms with Crippen molar-refractivity contribution < 1.29 is 0 Å². The lowest BCUT2D eigenvalue weighted by Crippen LogP contribution is -2.28. The van der Waals surface area contributed by atoms with E-state index in [4.69, 9.17) is 12.0 Å². The van der Waals surface area contributed by atoms with E-state index in [-0.39, 0.29) is 0 Å². The van der Waals surface area contributed by atoms with Crippen molar-refractivity contribution in [2.75, 3.05) is 0 Å². The minimum absolute atomic E-state index is 0.397. The van der Waals surface area contributed by atoms with Gasteiger partial charge in [0, 0.05) is 23.1 Å². The predicted octanol–water partition coefficient (Wildman–Crippen LogP) is 0.640. The highest BCUT2D eigenvalue weighted by atomic mass is 14.4. The van der Waals surface area contributed by atoms with Crippen molar-refractivity contribution in [1.82, 2.24) is 0 Å². The molecule has 2 rings (SSSR count). The monoisotopic (exact) mass is 154 g/mol. The van der Waals surface area contributed by atoms with E-state index in [1.54, 1.807) is 6.08 Å². The Balaban J connectivity index is 2.87. The van der Waals surface area contributed by atoms with E-state index in [9.17, 15) is 0 Å². The van der Waals surface area contributed by atoms with Gasteiger partial charge in [-0.3, -0.25) is 0 Å². The smallest absolute Gasteiger partial charge is 0.206 e. The van der Waals surface area contributed by atoms with Crippen LogP contribution in [0.1, 0.15) is 0 Å². The molecule has 1 aromatic rings. The molecule has 1 aliphatic rings. The van der Waals surface area contributed by atoms with E-state index >= 15 is 0 Å². The van der Waals surface area contributed by atoms with Crippen LogP contribution < -0.4 is 10.4 Å². The van der Waals surface area contributed by atoms with Crippen molar-refractivity contribution >= 4 is 17.9 Å². The van der Waals surface area contributed by atoms with Gasteiger partial charge in [-0.2, -0.15) is 0 Å². The summed E-state index contributed by atoms with van der Waals surface area (Å²) in [7, 11) is 0. The van der Waals surface area contributed by atoms with Gasteiger partial charge in [-0.15, -0.1) is 0 Å². The Morgan fingerprint density at radius 3 is 2.25 bits per heavy atom. The molecular weight excluding hydrogens is 146 g/mol. The molecule has 0 heterocycles. The lowest BCUT2D eigenvalue weighted by atomic mass is 10.0. The highest BCUT2D eigenvalue weighted by Crippen LogP contribution is 1.98. The molecule has 1 nitrogen and oxygen atoms in total. The Bertz CT molecular complexity index is 421. The van der Waals surface area contributed by atoms with Crippen molar-refractivity contribution in [1.29, 1.82) is 5.41 Å². The van der Waals surface area contributed by atoms with E-state index in [0.29, 0.717) is 11.3 Å². The number of nitrogens with one attached hydrogen (secondary N) is 1. The second-order valence-electron chi connectivity index (χ2n) is 2.79. The van der Waals surface area contributed by atoms with Gasteiger partial charge >= 0.3 is 0 Å². The number of fused-ring (bicyclic) bond motifs is 1. The maximum absolute atomic E-state index is 7.48. The molecule has 0 radical (unpaired) electrons. The van der Waals surface area contributed by atoms with E-state index in [1.807, 2.05) is 30.3 Å². The maximum atomic E-state index is 7.48. The van der Waals surface area contributed by atoms with Gasteiger partial charge in [0.1, 0.15) is 0 Å². The molecule has 0 aromatic heterocycles. The third-order valence-corrected chi connectivity index (χ3v) is 1.92. The number of hydrogen-bond donors (Lipinski definition) is 1. The summed E-state index contributed by atoms with van der Waals surface area (Å²) in [5.41, 5.74) is 0.933. The third kappa shape index (κ3) is 0.969. The summed E-state index contributed by atoms with van der Waals surface area (Å²) < 4.78 is 0. The van der Waals surface area contributed by atoms with Gasteiger partial charge in [0.15, 0.2) is 5.71 Å². The summed E-state index contributed by atoms with van der Waals surface area (Å²) in [6.45, 7) is 5.60. The van der Waals surface area contributed by atoms with Crippen molar-refractivity contribution in [2.24, 2.45) is 0 Å². The van der Waals surface area contributed by atoms with Crippen LogP contribution in [-0.2, 0) is 0 Å². The summed E-state index contributed by atoms with van der Waals surface area (Å²) >= 11 is 0. The summed E-state index contributed by atoms with van der Waals surface area (Å²) in [4.78, 5) is 0. The Labute approximate surface area is 70.9 Å². The Hall–Kier alpha value is -1.72. The number of hydrogen-bond acceptors (Lipinski definition) is 1. The fourth-order valence-corrected chi connectivity index (χ4v) is 1.26. The van der Waals surface area contributed by atoms with Gasteiger partial charge in [-0.1, -0.05) is 18.2 Å². The molecule has 0 spiro atoms. The molecule has 0 fully saturated rings. The van der Waals surface area contributed by atoms with Gasteiger partial charge in [-0.25, -0.2) is 5.41 Å². The average molecular weight is 154 g/mol. The van der Waals surface area contributed by atoms with Crippen LogP contribution in [0.5, 0.6) is 0 Å². The van der Waals surface area contributed by atoms with E-state index in [2.05, 4.69) is 0 Å². The van der Waals surface area contributed by atoms with E-state index < -0.39 is 0 Å². The lowest BCUT2D eigenvalue weighted by molar-refractivity contribution is 1.47. The molecule has 0 atom stereocenters. The van der Waals surface area contributed by atoms with Gasteiger partial charge in [0.25, 0.3) is 0 Å². The van der Waals surface area contributed by atoms with E-state index in [0.717, 1.165) is 10.4 Å². The van der Waals surface area contributed by atoms with Crippen molar-refractivity contribution in [2.45, 2.75) is 0 Å². The first kappa shape index (κ1) is 6.96. The first-order valence-electron chi connectivity index (χ1n) is 3.77. The molecule has 1 aromatic carbocycles. The van der Waals surface area contributed by atoms with Crippen LogP contribution in [0.3, 0.4) is 0 Å². The predicted molar refractivity (Wildman–Crippen MR) is 50.2 cm³/mol. The SMILES string of the molecule is [CH+]=C1C=c2ccccc2=CC1=N. The van der Waals surface area contributed by atoms with Crippen molar-refractivity contribution in [3.05, 3.63) is 46.9 Å². The first-order chi connectivity index (χ1) is 5.77. The second kappa shape index (κ2) is 2.40. The van der Waals surface area contributed by atoms with Crippen LogP contribution in [0.25, 0.3) is 12.2 Å². The molecule has 0 saturated carbocycles. The quantitative estimate of drug-likeness (QED) is 0.530. The summed E-state index contributed by atoms with van der Waals surface area (Å²) in [6.07, 6.45) is 3.61. The third-order valence-electron chi connectivity index (χ3n) is 1.92. The molecular formula is C11H8N+. The molecule has 12 heavy (non-hydrogen) atoms. The second-order valence-corrected chi connectivity index (χ2v) is 2.79. The first-order valence-corrected chi connectivity index (χ1v) is 3.77. The molecule has 56 valence electrons. The molecule has 0 bridgehead atoms. The normalized spacial score (nSPS) is 14.6. The van der Waals surface area contributed by atoms with Crippen LogP contribution in [0.4, 0.5) is 0 Å². The highest BCUT2D eigenvalue weighted by Gasteiger charge is 2.11. The molecule has 1 aliphatic carbocycles. The number of allylic oxidation sites excluding steroid dienone is 1. The largest absolute Gasteiger partial charge is 0.233 e. The van der Waals surface area contributed by atoms with Crippen LogP contribution in [0, 0.1) is 12.0 Å². The van der Waals surface area contributed by atoms with Crippen LogP contribution >= 0.6 is 0 Å². The maximum Gasteiger partial charge on any atom is 0.206 e. The molecule has 0 aliphatic heterocycles. The number of benzene rings is 1. The standard InChI is InChI=1S/C11H8N/c1-8-6-9-4-2-3-5-10(9)7-11(8)12/h1-7,12H/q+1. The zero-order valence-corrected chi connectivity index (χ0v) is 6.54. The fraction of sp³-hybridized carbons (Fsp3) is 0. The Kier molecular flexibility index (Phi) is 1.39. The average Bonchev–Trinajstić information content (AvgIpc) is 2.07. The van der Waals surface area contributed by atoms with Gasteiger partial charge in [0.2, 0.25) is 5.57 Å². The minimum atomic E-state index is 0.397. The van der Waals surface area contributed by atoms with Crippen LogP contribution in [-0.4, -0.2) is 5.71 Å². The minimum Gasteiger partial charge on any atom is -0.233 e. The van der Waals surface area contributed by atoms with Gasteiger partial charge in [-0.05, 0) is 6.07 Å². The zero-order chi connectivity index (χ0) is 8.55. The Morgan fingerprint density at radius 1 is 1.00 bits per heavy atom. The summed E-state index contributed by atoms with van der Waals surface area (Å²) in [5, 5.41) is 9.63. The van der Waals surface area contributed by atoms with Crippen molar-refractivity contribution in [3.8, 4) is 0 Å². The molecule has 0 unspecified atom stereocenters. The van der Waals surface area contributed by atoms with Crippen molar-refractivity contribution in [3.63, 3.8) is 0 Å². The Morgan fingerprint density at radius 2 is 1.58 bits per heavy atom. The van der Waals surface area contributed by atoms with E-state index in [1.165, 1.54) is 0 Å². The molecule has 0 amide bonds. The topological polar surface area (TPSA) is 23.9 Å². The molecule has 1 N–H and O–H groups in total. The van der Waals surface area contributed by atoms with Gasteiger partial charge < -0.3 is 0 Å². The van der Waals surface area contributed by atoms with Crippen LogP contribution in [0.15, 0.2) is 29.8 Å². The number of rotatable bonds is 0. The molecule has 1 heteroatoms. The lowest BCUT2D eigenvalue weighted by Gasteiger charge is -1.94. The highest BCUT2D eigenvalue weighted by molar-refractivity contribution is 6.23. The summed E-state index contributed by atoms with van der Waals surface area (Å²) in [5.74, 6) is 0. The summed E-state index contributed by atoms with van der Waals surface area (Å²) in [6, 6.07) is 7.89. The zero-order valence-electron chi connectivity index (χ0n) is 6.54. The van der Waals surface area contributed by atoms with Gasteiger partial charge in [0.05, 0.1) is 6.08 Å².